The maximum Gasteiger partial charge on any atom is 0.151 e. The van der Waals surface area contributed by atoms with E-state index in [9.17, 15) is 0 Å². The summed E-state index contributed by atoms with van der Waals surface area (Å²) in [5, 5.41) is 14.5. The summed E-state index contributed by atoms with van der Waals surface area (Å²) in [6, 6.07) is 12.9. The molecule has 0 aliphatic carbocycles. The molecule has 0 aliphatic rings. The van der Waals surface area contributed by atoms with Gasteiger partial charge in [0.1, 0.15) is 12.4 Å². The number of oxime groups is 1. The Morgan fingerprint density at radius 2 is 2.05 bits per heavy atom. The van der Waals surface area contributed by atoms with Crippen LogP contribution in [0.3, 0.4) is 0 Å². The van der Waals surface area contributed by atoms with Crippen LogP contribution < -0.4 is 4.74 Å². The molecule has 96 valence electrons. The van der Waals surface area contributed by atoms with Crippen molar-refractivity contribution < 1.29 is 9.57 Å². The van der Waals surface area contributed by atoms with Gasteiger partial charge in [-0.1, -0.05) is 11.2 Å². The quantitative estimate of drug-likeness (QED) is 0.461. The highest BCUT2D eigenvalue weighted by molar-refractivity contribution is 7.11. The minimum atomic E-state index is 0.377. The third kappa shape index (κ3) is 4.45. The molecule has 1 aromatic carbocycles. The normalized spacial score (nSPS) is 10.3. The molecular weight excluding hydrogens is 260 g/mol. The molecule has 0 bridgehead atoms. The molecule has 0 unspecified atom stereocenters. The van der Waals surface area contributed by atoms with E-state index in [-0.39, 0.29) is 0 Å². The van der Waals surface area contributed by atoms with Crippen molar-refractivity contribution in [3.05, 3.63) is 52.2 Å². The molecule has 4 nitrogen and oxygen atoms in total. The Morgan fingerprint density at radius 1 is 1.21 bits per heavy atom. The van der Waals surface area contributed by atoms with Crippen LogP contribution in [0.5, 0.6) is 5.75 Å². The van der Waals surface area contributed by atoms with Crippen LogP contribution in [0.2, 0.25) is 0 Å². The van der Waals surface area contributed by atoms with Gasteiger partial charge in [-0.15, -0.1) is 11.3 Å². The Labute approximate surface area is 115 Å². The first kappa shape index (κ1) is 13.1. The highest BCUT2D eigenvalue weighted by atomic mass is 32.1. The molecule has 2 aromatic rings. The third-order valence-corrected chi connectivity index (χ3v) is 3.03. The molecule has 0 atom stereocenters. The van der Waals surface area contributed by atoms with E-state index < -0.39 is 0 Å². The molecule has 19 heavy (non-hydrogen) atoms. The van der Waals surface area contributed by atoms with E-state index in [0.29, 0.717) is 24.5 Å². The molecule has 0 fully saturated rings. The van der Waals surface area contributed by atoms with E-state index in [1.807, 2.05) is 17.5 Å². The highest BCUT2D eigenvalue weighted by Crippen LogP contribution is 2.11. The molecule has 0 radical (unpaired) electrons. The largest absolute Gasteiger partial charge is 0.490 e. The Hall–Kier alpha value is -2.32. The summed E-state index contributed by atoms with van der Waals surface area (Å²) >= 11 is 1.60. The Balaban J connectivity index is 1.65. The summed E-state index contributed by atoms with van der Waals surface area (Å²) in [4.78, 5) is 6.12. The predicted molar refractivity (Wildman–Crippen MR) is 74.5 cm³/mol. The van der Waals surface area contributed by atoms with Crippen LogP contribution in [-0.2, 0) is 4.84 Å². The van der Waals surface area contributed by atoms with Gasteiger partial charge in [-0.2, -0.15) is 5.26 Å². The lowest BCUT2D eigenvalue weighted by Gasteiger charge is -2.04. The number of ether oxygens (including phenoxy) is 1. The Morgan fingerprint density at radius 3 is 2.74 bits per heavy atom. The molecule has 1 heterocycles. The van der Waals surface area contributed by atoms with Gasteiger partial charge in [0.05, 0.1) is 17.8 Å². The van der Waals surface area contributed by atoms with Crippen molar-refractivity contribution in [2.75, 3.05) is 13.2 Å². The zero-order chi connectivity index (χ0) is 13.3. The van der Waals surface area contributed by atoms with Gasteiger partial charge in [-0.05, 0) is 35.7 Å². The predicted octanol–water partition coefficient (Wildman–Crippen LogP) is 3.05. The molecule has 5 heteroatoms. The number of nitriles is 1. The number of hydrogen-bond donors (Lipinski definition) is 0. The lowest BCUT2D eigenvalue weighted by atomic mass is 10.2. The van der Waals surface area contributed by atoms with Crippen LogP contribution in [0, 0.1) is 11.3 Å². The molecular formula is C14H12N2O2S. The van der Waals surface area contributed by atoms with Crippen LogP contribution in [-0.4, -0.2) is 19.4 Å². The van der Waals surface area contributed by atoms with Gasteiger partial charge >= 0.3 is 0 Å². The zero-order valence-electron chi connectivity index (χ0n) is 10.2. The summed E-state index contributed by atoms with van der Waals surface area (Å²) in [5.74, 6) is 0.713. The first-order chi connectivity index (χ1) is 9.38. The van der Waals surface area contributed by atoms with Gasteiger partial charge in [0, 0.05) is 4.88 Å². The van der Waals surface area contributed by atoms with Crippen molar-refractivity contribution in [2.45, 2.75) is 0 Å². The van der Waals surface area contributed by atoms with E-state index >= 15 is 0 Å². The summed E-state index contributed by atoms with van der Waals surface area (Å²) in [6.07, 6.45) is 1.67. The van der Waals surface area contributed by atoms with Gasteiger partial charge in [0.2, 0.25) is 0 Å². The standard InChI is InChI=1S/C14H12N2O2S/c15-10-12-3-5-13(6-4-12)17-7-8-18-16-11-14-2-1-9-19-14/h1-6,9,11H,7-8H2/b16-11-. The summed E-state index contributed by atoms with van der Waals surface area (Å²) in [6.45, 7) is 0.787. The van der Waals surface area contributed by atoms with Crippen molar-refractivity contribution in [2.24, 2.45) is 5.16 Å². The molecule has 0 spiro atoms. The van der Waals surface area contributed by atoms with E-state index in [0.717, 1.165) is 4.88 Å². The molecule has 0 aliphatic heterocycles. The van der Waals surface area contributed by atoms with Gasteiger partial charge in [0.15, 0.2) is 6.61 Å². The lowest BCUT2D eigenvalue weighted by molar-refractivity contribution is 0.108. The van der Waals surface area contributed by atoms with E-state index in [1.54, 1.807) is 41.8 Å². The van der Waals surface area contributed by atoms with Gasteiger partial charge < -0.3 is 9.57 Å². The topological polar surface area (TPSA) is 54.6 Å². The minimum Gasteiger partial charge on any atom is -0.490 e. The summed E-state index contributed by atoms with van der Waals surface area (Å²) in [7, 11) is 0. The molecule has 0 saturated carbocycles. The molecule has 2 rings (SSSR count). The summed E-state index contributed by atoms with van der Waals surface area (Å²) < 4.78 is 5.44. The second kappa shape index (κ2) is 7.19. The first-order valence-electron chi connectivity index (χ1n) is 5.70. The molecule has 0 amide bonds. The monoisotopic (exact) mass is 272 g/mol. The van der Waals surface area contributed by atoms with E-state index in [2.05, 4.69) is 11.2 Å². The summed E-state index contributed by atoms with van der Waals surface area (Å²) in [5.41, 5.74) is 0.615. The minimum absolute atomic E-state index is 0.377. The van der Waals surface area contributed by atoms with Gasteiger partial charge in [0.25, 0.3) is 0 Å². The fourth-order valence-electron chi connectivity index (χ4n) is 1.33. The van der Waals surface area contributed by atoms with Crippen molar-refractivity contribution >= 4 is 17.6 Å². The maximum atomic E-state index is 8.65. The van der Waals surface area contributed by atoms with Crippen molar-refractivity contribution in [3.63, 3.8) is 0 Å². The van der Waals surface area contributed by atoms with E-state index in [4.69, 9.17) is 14.8 Å². The van der Waals surface area contributed by atoms with Gasteiger partial charge in [-0.25, -0.2) is 0 Å². The second-order valence-electron chi connectivity index (χ2n) is 3.57. The molecule has 0 N–H and O–H groups in total. The van der Waals surface area contributed by atoms with Crippen LogP contribution in [0.1, 0.15) is 10.4 Å². The smallest absolute Gasteiger partial charge is 0.151 e. The third-order valence-electron chi connectivity index (χ3n) is 2.22. The zero-order valence-corrected chi connectivity index (χ0v) is 11.0. The Kier molecular flexibility index (Phi) is 4.96. The number of thiophene rings is 1. The highest BCUT2D eigenvalue weighted by Gasteiger charge is 1.94. The van der Waals surface area contributed by atoms with Crippen molar-refractivity contribution in [1.82, 2.24) is 0 Å². The van der Waals surface area contributed by atoms with Crippen LogP contribution in [0.25, 0.3) is 0 Å². The average Bonchev–Trinajstić information content (AvgIpc) is 2.96. The van der Waals surface area contributed by atoms with Gasteiger partial charge in [-0.3, -0.25) is 0 Å². The molecule has 1 aromatic heterocycles. The number of rotatable bonds is 6. The van der Waals surface area contributed by atoms with Crippen molar-refractivity contribution in [3.8, 4) is 11.8 Å². The molecule has 0 saturated heterocycles. The lowest BCUT2D eigenvalue weighted by Crippen LogP contribution is -2.04. The SMILES string of the molecule is N#Cc1ccc(OCCO/N=C\c2cccs2)cc1. The number of benzene rings is 1. The number of nitrogens with zero attached hydrogens (tertiary/aromatic N) is 2. The maximum absolute atomic E-state index is 8.65. The van der Waals surface area contributed by atoms with Crippen LogP contribution >= 0.6 is 11.3 Å². The first-order valence-corrected chi connectivity index (χ1v) is 6.58. The Bertz CT molecular complexity index is 556. The van der Waals surface area contributed by atoms with Crippen molar-refractivity contribution in [1.29, 1.82) is 5.26 Å². The van der Waals surface area contributed by atoms with Crippen LogP contribution in [0.4, 0.5) is 0 Å². The fourth-order valence-corrected chi connectivity index (χ4v) is 1.90. The fraction of sp³-hybridized carbons (Fsp3) is 0.143. The van der Waals surface area contributed by atoms with E-state index in [1.165, 1.54) is 0 Å². The average molecular weight is 272 g/mol. The van der Waals surface area contributed by atoms with Crippen LogP contribution in [0.15, 0.2) is 46.9 Å². The number of hydrogen-bond acceptors (Lipinski definition) is 5. The second-order valence-corrected chi connectivity index (χ2v) is 4.55.